The van der Waals surface area contributed by atoms with Crippen LogP contribution in [0, 0.1) is 5.41 Å². The van der Waals surface area contributed by atoms with Gasteiger partial charge >= 0.3 is 0 Å². The Morgan fingerprint density at radius 2 is 1.44 bits per heavy atom. The zero-order valence-electron chi connectivity index (χ0n) is 22.2. The number of thioether (sulfide) groups is 1. The molecule has 0 aliphatic heterocycles. The van der Waals surface area contributed by atoms with Gasteiger partial charge in [0.2, 0.25) is 0 Å². The van der Waals surface area contributed by atoms with Crippen LogP contribution in [0.3, 0.4) is 0 Å². The van der Waals surface area contributed by atoms with Gasteiger partial charge in [0, 0.05) is 18.4 Å². The maximum absolute atomic E-state index is 13.6. The molecule has 3 aromatic carbocycles. The van der Waals surface area contributed by atoms with Gasteiger partial charge in [-0.3, -0.25) is 4.79 Å². The highest BCUT2D eigenvalue weighted by Crippen LogP contribution is 2.38. The molecular formula is C29H36O6S. The molecule has 3 rings (SSSR count). The molecule has 1 atom stereocenters. The normalized spacial score (nSPS) is 12.3. The molecule has 1 unspecified atom stereocenters. The highest BCUT2D eigenvalue weighted by atomic mass is 32.2. The standard InChI is InChI=1S/C29H36O6S/c1-8-34-13-14-36-28(29(2,3)4)27(30)23-12-11-22(18-24(23)31-5)35-21-10-9-19-16-25(32-6)26(33-7)17-20(19)15-21/h9-12,15-18,28H,8,13-14H2,1-7H3. The Kier molecular flexibility index (Phi) is 9.51. The van der Waals surface area contributed by atoms with Crippen LogP contribution >= 0.6 is 11.8 Å². The average Bonchev–Trinajstić information content (AvgIpc) is 2.86. The molecule has 7 heteroatoms. The van der Waals surface area contributed by atoms with E-state index in [-0.39, 0.29) is 16.4 Å². The molecule has 3 aromatic rings. The second-order valence-electron chi connectivity index (χ2n) is 9.36. The molecule has 194 valence electrons. The molecule has 0 aromatic heterocycles. The summed E-state index contributed by atoms with van der Waals surface area (Å²) in [6, 6.07) is 15.0. The molecule has 0 amide bonds. The fourth-order valence-corrected chi connectivity index (χ4v) is 5.15. The molecule has 0 bridgehead atoms. The predicted molar refractivity (Wildman–Crippen MR) is 147 cm³/mol. The van der Waals surface area contributed by atoms with Crippen LogP contribution in [0.25, 0.3) is 10.8 Å². The Balaban J connectivity index is 1.84. The van der Waals surface area contributed by atoms with Crippen LogP contribution < -0.4 is 18.9 Å². The van der Waals surface area contributed by atoms with Crippen LogP contribution in [0.1, 0.15) is 38.1 Å². The van der Waals surface area contributed by atoms with E-state index < -0.39 is 0 Å². The first kappa shape index (κ1) is 27.7. The lowest BCUT2D eigenvalue weighted by molar-refractivity contribution is 0.0947. The first-order valence-corrected chi connectivity index (χ1v) is 13.0. The zero-order chi connectivity index (χ0) is 26.3. The van der Waals surface area contributed by atoms with Crippen molar-refractivity contribution < 1.29 is 28.5 Å². The topological polar surface area (TPSA) is 63.2 Å². The average molecular weight is 513 g/mol. The third-order valence-electron chi connectivity index (χ3n) is 5.73. The van der Waals surface area contributed by atoms with Gasteiger partial charge in [0.1, 0.15) is 17.2 Å². The van der Waals surface area contributed by atoms with Crippen molar-refractivity contribution in [1.29, 1.82) is 0 Å². The van der Waals surface area contributed by atoms with Crippen LogP contribution in [0.2, 0.25) is 0 Å². The maximum Gasteiger partial charge on any atom is 0.180 e. The summed E-state index contributed by atoms with van der Waals surface area (Å²) in [6.07, 6.45) is 0. The SMILES string of the molecule is CCOCCSC(C(=O)c1ccc(Oc2ccc3cc(OC)c(OC)cc3c2)cc1OC)C(C)(C)C. The van der Waals surface area contributed by atoms with Crippen molar-refractivity contribution >= 4 is 28.3 Å². The summed E-state index contributed by atoms with van der Waals surface area (Å²) >= 11 is 1.62. The number of carbonyl (C=O) groups is 1. The number of carbonyl (C=O) groups excluding carboxylic acids is 1. The van der Waals surface area contributed by atoms with Crippen molar-refractivity contribution in [3.63, 3.8) is 0 Å². The number of ketones is 1. The molecule has 0 heterocycles. The maximum atomic E-state index is 13.6. The number of hydrogen-bond donors (Lipinski definition) is 0. The number of benzene rings is 3. The molecule has 36 heavy (non-hydrogen) atoms. The van der Waals surface area contributed by atoms with Crippen LogP contribution in [-0.4, -0.2) is 51.3 Å². The van der Waals surface area contributed by atoms with Crippen LogP contribution in [0.5, 0.6) is 28.7 Å². The minimum atomic E-state index is -0.230. The van der Waals surface area contributed by atoms with E-state index in [0.29, 0.717) is 47.5 Å². The number of Topliss-reactive ketones (excluding diaryl/α,β-unsaturated/α-hetero) is 1. The summed E-state index contributed by atoms with van der Waals surface area (Å²) in [4.78, 5) is 13.6. The molecule has 0 aliphatic rings. The molecule has 0 saturated carbocycles. The Morgan fingerprint density at radius 1 is 0.833 bits per heavy atom. The Labute approximate surface area is 218 Å². The lowest BCUT2D eigenvalue weighted by atomic mass is 9.87. The largest absolute Gasteiger partial charge is 0.496 e. The van der Waals surface area contributed by atoms with Gasteiger partial charge in [-0.15, -0.1) is 11.8 Å². The second-order valence-corrected chi connectivity index (χ2v) is 10.6. The van der Waals surface area contributed by atoms with E-state index in [1.807, 2.05) is 37.3 Å². The van der Waals surface area contributed by atoms with Crippen LogP contribution in [0.15, 0.2) is 48.5 Å². The van der Waals surface area contributed by atoms with Gasteiger partial charge in [0.15, 0.2) is 17.3 Å². The van der Waals surface area contributed by atoms with Crippen LogP contribution in [-0.2, 0) is 4.74 Å². The fourth-order valence-electron chi connectivity index (χ4n) is 3.92. The van der Waals surface area contributed by atoms with Gasteiger partial charge in [-0.05, 0) is 59.5 Å². The number of ether oxygens (including phenoxy) is 5. The minimum absolute atomic E-state index is 0.0409. The van der Waals surface area contributed by atoms with Gasteiger partial charge in [0.25, 0.3) is 0 Å². The van der Waals surface area contributed by atoms with Crippen molar-refractivity contribution in [2.75, 3.05) is 40.3 Å². The Bertz CT molecular complexity index is 1180. The molecule has 0 N–H and O–H groups in total. The summed E-state index contributed by atoms with van der Waals surface area (Å²) < 4.78 is 28.0. The first-order valence-electron chi connectivity index (χ1n) is 12.0. The van der Waals surface area contributed by atoms with Gasteiger partial charge in [-0.1, -0.05) is 26.8 Å². The molecule has 0 spiro atoms. The smallest absolute Gasteiger partial charge is 0.180 e. The summed E-state index contributed by atoms with van der Waals surface area (Å²) in [5.74, 6) is 3.86. The second kappa shape index (κ2) is 12.4. The lowest BCUT2D eigenvalue weighted by Gasteiger charge is -2.29. The van der Waals surface area contributed by atoms with E-state index in [9.17, 15) is 4.79 Å². The van der Waals surface area contributed by atoms with Crippen molar-refractivity contribution in [1.82, 2.24) is 0 Å². The highest BCUT2D eigenvalue weighted by molar-refractivity contribution is 8.00. The third-order valence-corrected chi connectivity index (χ3v) is 7.39. The van der Waals surface area contributed by atoms with Crippen molar-refractivity contribution in [2.45, 2.75) is 32.9 Å². The van der Waals surface area contributed by atoms with Gasteiger partial charge in [0.05, 0.1) is 38.7 Å². The summed E-state index contributed by atoms with van der Waals surface area (Å²) in [6.45, 7) is 9.50. The number of fused-ring (bicyclic) bond motifs is 1. The fraction of sp³-hybridized carbons (Fsp3) is 0.414. The first-order chi connectivity index (χ1) is 17.2. The lowest BCUT2D eigenvalue weighted by Crippen LogP contribution is -2.32. The van der Waals surface area contributed by atoms with E-state index in [0.717, 1.165) is 16.5 Å². The molecule has 0 radical (unpaired) electrons. The quantitative estimate of drug-likeness (QED) is 0.191. The summed E-state index contributed by atoms with van der Waals surface area (Å²) in [5.41, 5.74) is 0.326. The minimum Gasteiger partial charge on any atom is -0.496 e. The Morgan fingerprint density at radius 3 is 2.06 bits per heavy atom. The van der Waals surface area contributed by atoms with Gasteiger partial charge < -0.3 is 23.7 Å². The van der Waals surface area contributed by atoms with Crippen molar-refractivity contribution in [2.24, 2.45) is 5.41 Å². The number of hydrogen-bond acceptors (Lipinski definition) is 7. The molecule has 0 aliphatic carbocycles. The van der Waals surface area contributed by atoms with Gasteiger partial charge in [-0.2, -0.15) is 0 Å². The molecule has 6 nitrogen and oxygen atoms in total. The van der Waals surface area contributed by atoms with Crippen LogP contribution in [0.4, 0.5) is 0 Å². The third kappa shape index (κ3) is 6.65. The van der Waals surface area contributed by atoms with Gasteiger partial charge in [-0.25, -0.2) is 0 Å². The summed E-state index contributed by atoms with van der Waals surface area (Å²) in [7, 11) is 4.80. The van der Waals surface area contributed by atoms with Crippen molar-refractivity contribution in [3.8, 4) is 28.7 Å². The zero-order valence-corrected chi connectivity index (χ0v) is 23.0. The number of methoxy groups -OCH3 is 3. The molecule has 0 saturated heterocycles. The van der Waals surface area contributed by atoms with E-state index >= 15 is 0 Å². The molecular weight excluding hydrogens is 476 g/mol. The van der Waals surface area contributed by atoms with E-state index in [1.165, 1.54) is 0 Å². The monoisotopic (exact) mass is 512 g/mol. The predicted octanol–water partition coefficient (Wildman–Crippen LogP) is 7.03. The van der Waals surface area contributed by atoms with E-state index in [4.69, 9.17) is 23.7 Å². The number of rotatable bonds is 12. The Hall–Kier alpha value is -2.90. The molecule has 0 fully saturated rings. The van der Waals surface area contributed by atoms with E-state index in [2.05, 4.69) is 20.8 Å². The van der Waals surface area contributed by atoms with Crippen molar-refractivity contribution in [3.05, 3.63) is 54.1 Å². The highest BCUT2D eigenvalue weighted by Gasteiger charge is 2.33. The van der Waals surface area contributed by atoms with E-state index in [1.54, 1.807) is 51.3 Å². The summed E-state index contributed by atoms with van der Waals surface area (Å²) in [5, 5.41) is 1.74.